The normalized spacial score (nSPS) is 10.7. The predicted octanol–water partition coefficient (Wildman–Crippen LogP) is 4.85. The predicted molar refractivity (Wildman–Crippen MR) is 121 cm³/mol. The van der Waals surface area contributed by atoms with Crippen molar-refractivity contribution in [2.24, 2.45) is 0 Å². The summed E-state index contributed by atoms with van der Waals surface area (Å²) in [6.07, 6.45) is 3.71. The number of benzene rings is 1. The summed E-state index contributed by atoms with van der Waals surface area (Å²) in [7, 11) is 0. The lowest BCUT2D eigenvalue weighted by atomic mass is 10.1. The molecule has 0 aliphatic carbocycles. The van der Waals surface area contributed by atoms with E-state index in [2.05, 4.69) is 27.8 Å². The molecular weight excluding hydrogens is 424 g/mol. The maximum absolute atomic E-state index is 12.2. The molecule has 29 heavy (non-hydrogen) atoms. The summed E-state index contributed by atoms with van der Waals surface area (Å²) in [4.78, 5) is 25.2. The third-order valence-electron chi connectivity index (χ3n) is 3.95. The van der Waals surface area contributed by atoms with E-state index in [1.807, 2.05) is 41.8 Å². The monoisotopic (exact) mass is 446 g/mol. The van der Waals surface area contributed by atoms with Crippen LogP contribution in [0.4, 0.5) is 10.8 Å². The quantitative estimate of drug-likeness (QED) is 0.343. The third kappa shape index (κ3) is 7.26. The Hall–Kier alpha value is -2.23. The number of hydrogen-bond acceptors (Lipinski definition) is 7. The fourth-order valence-electron chi connectivity index (χ4n) is 2.51. The minimum atomic E-state index is -0.125. The van der Waals surface area contributed by atoms with E-state index in [9.17, 15) is 9.59 Å². The molecule has 6 nitrogen and oxygen atoms in total. The molecule has 2 amide bonds. The highest BCUT2D eigenvalue weighted by molar-refractivity contribution is 8.01. The second kappa shape index (κ2) is 11.1. The minimum absolute atomic E-state index is 0.102. The van der Waals surface area contributed by atoms with E-state index in [0.717, 1.165) is 17.0 Å². The molecule has 3 aromatic rings. The Morgan fingerprint density at radius 2 is 1.90 bits per heavy atom. The molecule has 0 aliphatic rings. The Bertz CT molecular complexity index is 924. The fraction of sp³-hybridized carbons (Fsp3) is 0.300. The number of aryl methyl sites for hydroxylation is 1. The van der Waals surface area contributed by atoms with Crippen molar-refractivity contribution in [1.29, 1.82) is 0 Å². The van der Waals surface area contributed by atoms with Gasteiger partial charge >= 0.3 is 0 Å². The van der Waals surface area contributed by atoms with Gasteiger partial charge in [-0.15, -0.1) is 21.5 Å². The molecule has 0 aliphatic heterocycles. The van der Waals surface area contributed by atoms with Crippen LogP contribution in [0.1, 0.15) is 30.2 Å². The molecule has 2 heterocycles. The van der Waals surface area contributed by atoms with Crippen molar-refractivity contribution < 1.29 is 9.59 Å². The highest BCUT2D eigenvalue weighted by Gasteiger charge is 2.11. The zero-order chi connectivity index (χ0) is 20.5. The van der Waals surface area contributed by atoms with E-state index in [-0.39, 0.29) is 17.6 Å². The van der Waals surface area contributed by atoms with Gasteiger partial charge in [-0.1, -0.05) is 54.6 Å². The molecule has 0 spiro atoms. The van der Waals surface area contributed by atoms with Crippen LogP contribution in [0.15, 0.2) is 46.1 Å². The average Bonchev–Trinajstić information content (AvgIpc) is 3.38. The first kappa shape index (κ1) is 21.5. The molecule has 152 valence electrons. The smallest absolute Gasteiger partial charge is 0.234 e. The van der Waals surface area contributed by atoms with Gasteiger partial charge in [0.1, 0.15) is 0 Å². The number of aromatic nitrogens is 2. The molecule has 0 saturated carbocycles. The molecule has 0 bridgehead atoms. The lowest BCUT2D eigenvalue weighted by Crippen LogP contribution is -2.13. The number of thioether (sulfide) groups is 1. The summed E-state index contributed by atoms with van der Waals surface area (Å²) < 4.78 is 0.640. The molecule has 0 radical (unpaired) electrons. The van der Waals surface area contributed by atoms with Gasteiger partial charge in [0, 0.05) is 10.6 Å². The lowest BCUT2D eigenvalue weighted by molar-refractivity contribution is -0.115. The summed E-state index contributed by atoms with van der Waals surface area (Å²) in [6, 6.07) is 11.8. The first-order chi connectivity index (χ1) is 14.1. The lowest BCUT2D eigenvalue weighted by Gasteiger charge is -2.05. The maximum atomic E-state index is 12.2. The zero-order valence-corrected chi connectivity index (χ0v) is 18.5. The van der Waals surface area contributed by atoms with Gasteiger partial charge in [-0.3, -0.25) is 9.59 Å². The largest absolute Gasteiger partial charge is 0.325 e. The second-order valence-electron chi connectivity index (χ2n) is 6.31. The van der Waals surface area contributed by atoms with Crippen LogP contribution in [0.3, 0.4) is 0 Å². The summed E-state index contributed by atoms with van der Waals surface area (Å²) in [5, 5.41) is 16.0. The van der Waals surface area contributed by atoms with Crippen LogP contribution in [0, 0.1) is 0 Å². The van der Waals surface area contributed by atoms with Gasteiger partial charge in [-0.05, 0) is 42.0 Å². The van der Waals surface area contributed by atoms with E-state index in [1.54, 1.807) is 11.3 Å². The molecule has 0 saturated heterocycles. The van der Waals surface area contributed by atoms with Gasteiger partial charge in [0.05, 0.1) is 12.2 Å². The molecule has 9 heteroatoms. The van der Waals surface area contributed by atoms with Crippen LogP contribution < -0.4 is 10.6 Å². The molecule has 0 unspecified atom stereocenters. The molecule has 2 N–H and O–H groups in total. The van der Waals surface area contributed by atoms with Gasteiger partial charge in [-0.25, -0.2) is 0 Å². The topological polar surface area (TPSA) is 84.0 Å². The Kier molecular flexibility index (Phi) is 8.21. The number of carbonyl (C=O) groups is 2. The van der Waals surface area contributed by atoms with Crippen molar-refractivity contribution in [1.82, 2.24) is 10.2 Å². The maximum Gasteiger partial charge on any atom is 0.234 e. The van der Waals surface area contributed by atoms with Gasteiger partial charge in [0.2, 0.25) is 16.9 Å². The van der Waals surface area contributed by atoms with E-state index >= 15 is 0 Å². The van der Waals surface area contributed by atoms with Crippen molar-refractivity contribution >= 4 is 57.1 Å². The Morgan fingerprint density at radius 1 is 1.07 bits per heavy atom. The van der Waals surface area contributed by atoms with Crippen molar-refractivity contribution in [2.45, 2.75) is 36.9 Å². The minimum Gasteiger partial charge on any atom is -0.325 e. The number of thiophene rings is 1. The number of nitrogens with zero attached hydrogens (tertiary/aromatic N) is 2. The van der Waals surface area contributed by atoms with Crippen LogP contribution in [0.25, 0.3) is 0 Å². The zero-order valence-electron chi connectivity index (χ0n) is 16.0. The van der Waals surface area contributed by atoms with Gasteiger partial charge in [0.25, 0.3) is 0 Å². The molecule has 2 aromatic heterocycles. The Labute approximate surface area is 182 Å². The summed E-state index contributed by atoms with van der Waals surface area (Å²) in [5.41, 5.74) is 2.07. The van der Waals surface area contributed by atoms with Gasteiger partial charge in [-0.2, -0.15) is 0 Å². The molecule has 0 atom stereocenters. The molecule has 1 aromatic carbocycles. The standard InChI is InChI=1S/C20H22N4O2S3/c1-2-3-5-14-7-9-15(10-8-14)21-18(26)13-28-20-24-23-19(29-20)22-17(25)12-16-6-4-11-27-16/h4,6-11H,2-3,5,12-13H2,1H3,(H,21,26)(H,22,23,25). The highest BCUT2D eigenvalue weighted by atomic mass is 32.2. The van der Waals surface area contributed by atoms with Gasteiger partial charge in [0.15, 0.2) is 4.34 Å². The molecular formula is C20H22N4O2S3. The van der Waals surface area contributed by atoms with Crippen molar-refractivity contribution in [3.05, 3.63) is 52.2 Å². The SMILES string of the molecule is CCCCc1ccc(NC(=O)CSc2nnc(NC(=O)Cc3cccs3)s2)cc1. The third-order valence-corrected chi connectivity index (χ3v) is 6.80. The van der Waals surface area contributed by atoms with E-state index < -0.39 is 0 Å². The number of hydrogen-bond donors (Lipinski definition) is 2. The van der Waals surface area contributed by atoms with Crippen molar-refractivity contribution in [2.75, 3.05) is 16.4 Å². The van der Waals surface area contributed by atoms with Crippen LogP contribution in [0.5, 0.6) is 0 Å². The van der Waals surface area contributed by atoms with Crippen LogP contribution >= 0.6 is 34.4 Å². The van der Waals surface area contributed by atoms with Gasteiger partial charge < -0.3 is 10.6 Å². The van der Waals surface area contributed by atoms with E-state index in [1.165, 1.54) is 41.5 Å². The molecule has 0 fully saturated rings. The van der Waals surface area contributed by atoms with Crippen LogP contribution in [0.2, 0.25) is 0 Å². The Morgan fingerprint density at radius 3 is 2.62 bits per heavy atom. The van der Waals surface area contributed by atoms with Crippen LogP contribution in [-0.4, -0.2) is 27.8 Å². The number of unbranched alkanes of at least 4 members (excludes halogenated alkanes) is 1. The number of carbonyl (C=O) groups excluding carboxylic acids is 2. The number of rotatable bonds is 10. The number of anilines is 2. The number of amides is 2. The van der Waals surface area contributed by atoms with E-state index in [4.69, 9.17) is 0 Å². The first-order valence-electron chi connectivity index (χ1n) is 9.29. The van der Waals surface area contributed by atoms with E-state index in [0.29, 0.717) is 15.9 Å². The van der Waals surface area contributed by atoms with Crippen molar-refractivity contribution in [3.63, 3.8) is 0 Å². The Balaban J connectivity index is 1.41. The second-order valence-corrected chi connectivity index (χ2v) is 9.55. The average molecular weight is 447 g/mol. The fourth-order valence-corrected chi connectivity index (χ4v) is 4.79. The first-order valence-corrected chi connectivity index (χ1v) is 12.0. The molecule has 3 rings (SSSR count). The summed E-state index contributed by atoms with van der Waals surface area (Å²) in [5.74, 6) is 0.00472. The highest BCUT2D eigenvalue weighted by Crippen LogP contribution is 2.26. The summed E-state index contributed by atoms with van der Waals surface area (Å²) >= 11 is 4.10. The van der Waals surface area contributed by atoms with Crippen LogP contribution in [-0.2, 0) is 22.4 Å². The summed E-state index contributed by atoms with van der Waals surface area (Å²) in [6.45, 7) is 2.17. The van der Waals surface area contributed by atoms with Crippen molar-refractivity contribution in [3.8, 4) is 0 Å². The number of nitrogens with one attached hydrogen (secondary N) is 2.